The zero-order valence-electron chi connectivity index (χ0n) is 13.2. The summed E-state index contributed by atoms with van der Waals surface area (Å²) in [6.45, 7) is -0.294. The van der Waals surface area contributed by atoms with Gasteiger partial charge in [0.05, 0.1) is 0 Å². The van der Waals surface area contributed by atoms with Crippen LogP contribution in [0.4, 0.5) is 5.82 Å². The van der Waals surface area contributed by atoms with Gasteiger partial charge in [0.2, 0.25) is 5.75 Å². The van der Waals surface area contributed by atoms with Gasteiger partial charge in [-0.3, -0.25) is 4.79 Å². The molecule has 0 saturated heterocycles. The van der Waals surface area contributed by atoms with Crippen molar-refractivity contribution in [1.82, 2.24) is 4.98 Å². The zero-order valence-corrected chi connectivity index (χ0v) is 13.2. The van der Waals surface area contributed by atoms with Crippen molar-refractivity contribution >= 4 is 11.6 Å². The summed E-state index contributed by atoms with van der Waals surface area (Å²) >= 11 is 0. The molecule has 0 unspecified atom stereocenters. The van der Waals surface area contributed by atoms with E-state index in [1.165, 1.54) is 18.3 Å². The number of Topliss-reactive ketones (excluding diaryl/α,β-unsaturated/α-hetero) is 1. The molecule has 3 aromatic rings. The van der Waals surface area contributed by atoms with Crippen molar-refractivity contribution in [3.63, 3.8) is 0 Å². The Morgan fingerprint density at radius 3 is 2.32 bits per heavy atom. The number of hydrogen-bond acceptors (Lipinski definition) is 5. The third-order valence-corrected chi connectivity index (χ3v) is 3.60. The lowest BCUT2D eigenvalue weighted by Gasteiger charge is -2.06. The highest BCUT2D eigenvalue weighted by Gasteiger charge is 2.17. The number of aromatic nitrogens is 1. The van der Waals surface area contributed by atoms with Crippen LogP contribution in [0.2, 0.25) is 0 Å². The van der Waals surface area contributed by atoms with Crippen LogP contribution in [0, 0.1) is 10.1 Å². The molecule has 0 radical (unpaired) electrons. The Kier molecular flexibility index (Phi) is 4.80. The van der Waals surface area contributed by atoms with Crippen molar-refractivity contribution in [1.29, 1.82) is 0 Å². The van der Waals surface area contributed by atoms with Crippen molar-refractivity contribution in [2.75, 3.05) is 6.61 Å². The summed E-state index contributed by atoms with van der Waals surface area (Å²) in [5.41, 5.74) is 2.54. The Bertz CT molecular complexity index is 893. The molecule has 3 rings (SSSR count). The van der Waals surface area contributed by atoms with Crippen LogP contribution in [-0.2, 0) is 0 Å². The van der Waals surface area contributed by atoms with Gasteiger partial charge in [-0.05, 0) is 33.2 Å². The van der Waals surface area contributed by atoms with E-state index in [9.17, 15) is 14.9 Å². The number of benzene rings is 2. The molecule has 6 heteroatoms. The molecule has 0 atom stereocenters. The Hall–Kier alpha value is -3.54. The van der Waals surface area contributed by atoms with Crippen LogP contribution < -0.4 is 4.74 Å². The number of nitro groups is 1. The van der Waals surface area contributed by atoms with Gasteiger partial charge in [-0.1, -0.05) is 54.6 Å². The second-order valence-corrected chi connectivity index (χ2v) is 5.24. The standard InChI is InChI=1S/C19H14N2O4/c22-17(13-25-18-7-4-12-20-19(18)21(23)24)16-10-8-15(9-11-16)14-5-2-1-3-6-14/h1-12H,13H2. The fourth-order valence-corrected chi connectivity index (χ4v) is 2.34. The minimum atomic E-state index is -0.644. The van der Waals surface area contributed by atoms with Gasteiger partial charge in [0.25, 0.3) is 0 Å². The minimum Gasteiger partial charge on any atom is -0.477 e. The van der Waals surface area contributed by atoms with E-state index in [4.69, 9.17) is 4.74 Å². The number of carbonyl (C=O) groups is 1. The smallest absolute Gasteiger partial charge is 0.406 e. The summed E-state index contributed by atoms with van der Waals surface area (Å²) in [4.78, 5) is 26.1. The second kappa shape index (κ2) is 7.35. The molecule has 0 aliphatic rings. The topological polar surface area (TPSA) is 82.3 Å². The van der Waals surface area contributed by atoms with Gasteiger partial charge >= 0.3 is 5.82 Å². The highest BCUT2D eigenvalue weighted by Crippen LogP contribution is 2.23. The number of pyridine rings is 1. The minimum absolute atomic E-state index is 0.0262. The molecule has 0 aliphatic heterocycles. The highest BCUT2D eigenvalue weighted by molar-refractivity contribution is 5.97. The van der Waals surface area contributed by atoms with Gasteiger partial charge < -0.3 is 14.9 Å². The summed E-state index contributed by atoms with van der Waals surface area (Å²) in [7, 11) is 0. The Labute approximate surface area is 143 Å². The lowest BCUT2D eigenvalue weighted by Crippen LogP contribution is -2.12. The molecule has 25 heavy (non-hydrogen) atoms. The maximum atomic E-state index is 12.2. The van der Waals surface area contributed by atoms with Crippen LogP contribution in [0.15, 0.2) is 72.9 Å². The first-order valence-electron chi connectivity index (χ1n) is 7.56. The highest BCUT2D eigenvalue weighted by atomic mass is 16.6. The molecule has 1 aromatic heterocycles. The molecule has 0 spiro atoms. The van der Waals surface area contributed by atoms with E-state index in [0.29, 0.717) is 5.56 Å². The van der Waals surface area contributed by atoms with Crippen LogP contribution in [0.5, 0.6) is 5.75 Å². The SMILES string of the molecule is O=C(COc1cccnc1[N+](=O)[O-])c1ccc(-c2ccccc2)cc1. The molecule has 2 aromatic carbocycles. The van der Waals surface area contributed by atoms with Crippen molar-refractivity contribution in [2.24, 2.45) is 0 Å². The molecule has 0 bridgehead atoms. The molecule has 0 N–H and O–H groups in total. The van der Waals surface area contributed by atoms with Crippen molar-refractivity contribution in [3.8, 4) is 16.9 Å². The third-order valence-electron chi connectivity index (χ3n) is 3.60. The van der Waals surface area contributed by atoms with E-state index in [1.807, 2.05) is 42.5 Å². The van der Waals surface area contributed by atoms with E-state index in [-0.39, 0.29) is 18.1 Å². The number of ketones is 1. The van der Waals surface area contributed by atoms with E-state index in [0.717, 1.165) is 11.1 Å². The van der Waals surface area contributed by atoms with Crippen molar-refractivity contribution in [2.45, 2.75) is 0 Å². The Morgan fingerprint density at radius 1 is 0.960 bits per heavy atom. The van der Waals surface area contributed by atoms with Crippen LogP contribution >= 0.6 is 0 Å². The Balaban J connectivity index is 1.69. The lowest BCUT2D eigenvalue weighted by atomic mass is 10.0. The number of nitrogens with zero attached hydrogens (tertiary/aromatic N) is 2. The van der Waals surface area contributed by atoms with Crippen molar-refractivity contribution < 1.29 is 14.5 Å². The predicted molar refractivity (Wildman–Crippen MR) is 92.6 cm³/mol. The zero-order chi connectivity index (χ0) is 17.6. The van der Waals surface area contributed by atoms with E-state index in [1.54, 1.807) is 12.1 Å². The molecule has 0 fully saturated rings. The van der Waals surface area contributed by atoms with E-state index in [2.05, 4.69) is 4.98 Å². The van der Waals surface area contributed by atoms with Gasteiger partial charge in [0.15, 0.2) is 12.4 Å². The molecule has 6 nitrogen and oxygen atoms in total. The van der Waals surface area contributed by atoms with Gasteiger partial charge in [0.1, 0.15) is 6.20 Å². The Morgan fingerprint density at radius 2 is 1.64 bits per heavy atom. The van der Waals surface area contributed by atoms with Crippen LogP contribution in [-0.4, -0.2) is 22.3 Å². The summed E-state index contributed by atoms with van der Waals surface area (Å²) < 4.78 is 5.28. The number of carbonyl (C=O) groups excluding carboxylic acids is 1. The van der Waals surface area contributed by atoms with Crippen LogP contribution in [0.3, 0.4) is 0 Å². The van der Waals surface area contributed by atoms with Gasteiger partial charge in [0, 0.05) is 5.56 Å². The molecule has 0 saturated carbocycles. The quantitative estimate of drug-likeness (QED) is 0.388. The fourth-order valence-electron chi connectivity index (χ4n) is 2.34. The van der Waals surface area contributed by atoms with Crippen LogP contribution in [0.1, 0.15) is 10.4 Å². The summed E-state index contributed by atoms with van der Waals surface area (Å²) in [5.74, 6) is -0.700. The molecule has 124 valence electrons. The number of rotatable bonds is 6. The maximum absolute atomic E-state index is 12.2. The molecular weight excluding hydrogens is 320 g/mol. The first-order chi connectivity index (χ1) is 12.1. The molecule has 0 amide bonds. The monoisotopic (exact) mass is 334 g/mol. The normalized spacial score (nSPS) is 10.2. The largest absolute Gasteiger partial charge is 0.477 e. The second-order valence-electron chi connectivity index (χ2n) is 5.24. The van der Waals surface area contributed by atoms with E-state index >= 15 is 0 Å². The van der Waals surface area contributed by atoms with Gasteiger partial charge in [-0.15, -0.1) is 0 Å². The average molecular weight is 334 g/mol. The van der Waals surface area contributed by atoms with Crippen LogP contribution in [0.25, 0.3) is 11.1 Å². The summed E-state index contributed by atoms with van der Waals surface area (Å²) in [6, 6.07) is 19.9. The molecular formula is C19H14N2O4. The lowest BCUT2D eigenvalue weighted by molar-refractivity contribution is -0.390. The average Bonchev–Trinajstić information content (AvgIpc) is 2.67. The maximum Gasteiger partial charge on any atom is 0.406 e. The molecule has 0 aliphatic carbocycles. The fraction of sp³-hybridized carbons (Fsp3) is 0.0526. The first-order valence-corrected chi connectivity index (χ1v) is 7.56. The third kappa shape index (κ3) is 3.87. The van der Waals surface area contributed by atoms with E-state index < -0.39 is 10.7 Å². The number of ether oxygens (including phenoxy) is 1. The first kappa shape index (κ1) is 16.3. The van der Waals surface area contributed by atoms with Crippen molar-refractivity contribution in [3.05, 3.63) is 88.6 Å². The predicted octanol–water partition coefficient (Wildman–Crippen LogP) is 3.92. The summed E-state index contributed by atoms with van der Waals surface area (Å²) in [6.07, 6.45) is 1.30. The molecule has 1 heterocycles. The van der Waals surface area contributed by atoms with Gasteiger partial charge in [-0.25, -0.2) is 0 Å². The number of hydrogen-bond donors (Lipinski definition) is 0. The van der Waals surface area contributed by atoms with Gasteiger partial charge in [-0.2, -0.15) is 0 Å². The summed E-state index contributed by atoms with van der Waals surface area (Å²) in [5, 5.41) is 10.9.